The lowest BCUT2D eigenvalue weighted by atomic mass is 10.1. The molecule has 2 aromatic rings. The van der Waals surface area contributed by atoms with Crippen molar-refractivity contribution in [1.29, 1.82) is 0 Å². The van der Waals surface area contributed by atoms with Crippen LogP contribution < -0.4 is 5.32 Å². The number of hydrogen-bond acceptors (Lipinski definition) is 2. The molecule has 0 spiro atoms. The first-order chi connectivity index (χ1) is 11.4. The predicted molar refractivity (Wildman–Crippen MR) is 101 cm³/mol. The van der Waals surface area contributed by atoms with Crippen LogP contribution in [-0.4, -0.2) is 31.4 Å². The van der Waals surface area contributed by atoms with Crippen molar-refractivity contribution in [2.75, 3.05) is 20.6 Å². The Morgan fingerprint density at radius 1 is 1.04 bits per heavy atom. The number of carbonyl (C=O) groups is 1. The smallest absolute Gasteiger partial charge is 0.224 e. The maximum absolute atomic E-state index is 12.2. The fourth-order valence-electron chi connectivity index (χ4n) is 2.42. The lowest BCUT2D eigenvalue weighted by molar-refractivity contribution is -0.120. The van der Waals surface area contributed by atoms with Crippen LogP contribution in [-0.2, 0) is 11.2 Å². The minimum absolute atomic E-state index is 0.00328. The zero-order valence-electron chi connectivity index (χ0n) is 13.5. The molecule has 0 bridgehead atoms. The lowest BCUT2D eigenvalue weighted by Gasteiger charge is -2.26. The van der Waals surface area contributed by atoms with Gasteiger partial charge in [-0.2, -0.15) is 0 Å². The molecule has 2 aromatic carbocycles. The second-order valence-corrected chi connectivity index (χ2v) is 6.95. The fourth-order valence-corrected chi connectivity index (χ4v) is 3.01. The van der Waals surface area contributed by atoms with Crippen LogP contribution in [0.1, 0.15) is 17.2 Å². The van der Waals surface area contributed by atoms with Gasteiger partial charge in [-0.05, 0) is 43.4 Å². The Kier molecular flexibility index (Phi) is 6.93. The number of nitrogens with zero attached hydrogens (tertiary/aromatic N) is 1. The van der Waals surface area contributed by atoms with Crippen LogP contribution >= 0.6 is 34.8 Å². The van der Waals surface area contributed by atoms with Crippen LogP contribution in [0.2, 0.25) is 15.1 Å². The third-order valence-corrected chi connectivity index (χ3v) is 4.81. The normalized spacial score (nSPS) is 12.2. The molecule has 0 heterocycles. The number of halogens is 3. The molecule has 1 N–H and O–H groups in total. The summed E-state index contributed by atoms with van der Waals surface area (Å²) in [6.07, 6.45) is 0.250. The summed E-state index contributed by atoms with van der Waals surface area (Å²) in [6.45, 7) is 0.469. The molecule has 0 aliphatic heterocycles. The van der Waals surface area contributed by atoms with Gasteiger partial charge in [0.05, 0.1) is 22.5 Å². The first-order valence-corrected chi connectivity index (χ1v) is 8.63. The van der Waals surface area contributed by atoms with Crippen molar-refractivity contribution in [3.8, 4) is 0 Å². The van der Waals surface area contributed by atoms with Gasteiger partial charge in [0.1, 0.15) is 0 Å². The van der Waals surface area contributed by atoms with Gasteiger partial charge in [-0.1, -0.05) is 59.1 Å². The number of carbonyl (C=O) groups excluding carboxylic acids is 1. The van der Waals surface area contributed by atoms with Crippen molar-refractivity contribution < 1.29 is 4.79 Å². The van der Waals surface area contributed by atoms with E-state index in [4.69, 9.17) is 34.8 Å². The molecule has 0 unspecified atom stereocenters. The summed E-state index contributed by atoms with van der Waals surface area (Å²) in [5.74, 6) is -0.0766. The number of nitrogens with one attached hydrogen (secondary N) is 1. The van der Waals surface area contributed by atoms with Gasteiger partial charge in [-0.15, -0.1) is 0 Å². The van der Waals surface area contributed by atoms with Gasteiger partial charge in [-0.25, -0.2) is 0 Å². The van der Waals surface area contributed by atoms with E-state index in [1.807, 2.05) is 43.3 Å². The Hall–Kier alpha value is -1.26. The summed E-state index contributed by atoms with van der Waals surface area (Å²) in [5.41, 5.74) is 1.81. The Balaban J connectivity index is 2.00. The number of hydrogen-bond donors (Lipinski definition) is 1. The monoisotopic (exact) mass is 384 g/mol. The second-order valence-electron chi connectivity index (χ2n) is 5.73. The lowest BCUT2D eigenvalue weighted by Crippen LogP contribution is -2.35. The molecule has 128 valence electrons. The van der Waals surface area contributed by atoms with E-state index in [9.17, 15) is 4.79 Å². The van der Waals surface area contributed by atoms with Gasteiger partial charge >= 0.3 is 0 Å². The average molecular weight is 386 g/mol. The first kappa shape index (κ1) is 19.1. The molecule has 0 radical (unpaired) electrons. The standard InChI is InChI=1S/C18H19Cl3N2O/c1-23(2)17(13-5-3-4-6-14(13)19)11-22-18(24)10-12-7-8-15(20)16(21)9-12/h3-9,17H,10-11H2,1-2H3,(H,22,24)/t17-/m0/s1. The van der Waals surface area contributed by atoms with Crippen molar-refractivity contribution in [3.63, 3.8) is 0 Å². The van der Waals surface area contributed by atoms with Crippen LogP contribution in [0, 0.1) is 0 Å². The van der Waals surface area contributed by atoms with Gasteiger partial charge in [0.15, 0.2) is 0 Å². The molecule has 2 rings (SSSR count). The maximum Gasteiger partial charge on any atom is 0.224 e. The molecular weight excluding hydrogens is 367 g/mol. The van der Waals surface area contributed by atoms with Crippen molar-refractivity contribution in [2.24, 2.45) is 0 Å². The van der Waals surface area contributed by atoms with Crippen molar-refractivity contribution in [3.05, 3.63) is 68.7 Å². The Morgan fingerprint density at radius 2 is 1.75 bits per heavy atom. The van der Waals surface area contributed by atoms with Gasteiger partial charge in [0.25, 0.3) is 0 Å². The molecule has 1 amide bonds. The van der Waals surface area contributed by atoms with Crippen LogP contribution in [0.5, 0.6) is 0 Å². The second kappa shape index (κ2) is 8.72. The van der Waals surface area contributed by atoms with Gasteiger partial charge in [0.2, 0.25) is 5.91 Å². The number of likely N-dealkylation sites (N-methyl/N-ethyl adjacent to an activating group) is 1. The molecule has 24 heavy (non-hydrogen) atoms. The zero-order chi connectivity index (χ0) is 17.7. The Labute approximate surface area is 157 Å². The van der Waals surface area contributed by atoms with Crippen molar-refractivity contribution in [1.82, 2.24) is 10.2 Å². The summed E-state index contributed by atoms with van der Waals surface area (Å²) < 4.78 is 0. The molecule has 0 aliphatic carbocycles. The first-order valence-electron chi connectivity index (χ1n) is 7.50. The molecule has 1 atom stereocenters. The summed E-state index contributed by atoms with van der Waals surface area (Å²) >= 11 is 18.1. The quantitative estimate of drug-likeness (QED) is 0.787. The summed E-state index contributed by atoms with van der Waals surface area (Å²) in [4.78, 5) is 14.2. The molecule has 6 heteroatoms. The van der Waals surface area contributed by atoms with Crippen LogP contribution in [0.4, 0.5) is 0 Å². The van der Waals surface area contributed by atoms with E-state index < -0.39 is 0 Å². The minimum Gasteiger partial charge on any atom is -0.354 e. The van der Waals surface area contributed by atoms with Crippen molar-refractivity contribution in [2.45, 2.75) is 12.5 Å². The molecule has 0 aromatic heterocycles. The average Bonchev–Trinajstić information content (AvgIpc) is 2.52. The molecule has 0 saturated carbocycles. The molecule has 0 fully saturated rings. The number of benzene rings is 2. The summed E-state index contributed by atoms with van der Waals surface area (Å²) in [6, 6.07) is 12.8. The highest BCUT2D eigenvalue weighted by molar-refractivity contribution is 6.42. The van der Waals surface area contributed by atoms with E-state index >= 15 is 0 Å². The van der Waals surface area contributed by atoms with E-state index in [0.29, 0.717) is 21.6 Å². The molecule has 3 nitrogen and oxygen atoms in total. The van der Waals surface area contributed by atoms with E-state index in [2.05, 4.69) is 5.32 Å². The van der Waals surface area contributed by atoms with Gasteiger partial charge < -0.3 is 10.2 Å². The summed E-state index contributed by atoms with van der Waals surface area (Å²) in [7, 11) is 3.91. The number of amides is 1. The zero-order valence-corrected chi connectivity index (χ0v) is 15.8. The topological polar surface area (TPSA) is 32.3 Å². The van der Waals surface area contributed by atoms with Crippen LogP contribution in [0.25, 0.3) is 0 Å². The van der Waals surface area contributed by atoms with Crippen LogP contribution in [0.15, 0.2) is 42.5 Å². The predicted octanol–water partition coefficient (Wildman–Crippen LogP) is 4.61. The van der Waals surface area contributed by atoms with Crippen LogP contribution in [0.3, 0.4) is 0 Å². The van der Waals surface area contributed by atoms with Gasteiger partial charge in [-0.3, -0.25) is 4.79 Å². The minimum atomic E-state index is -0.0766. The van der Waals surface area contributed by atoms with E-state index in [1.54, 1.807) is 18.2 Å². The summed E-state index contributed by atoms with van der Waals surface area (Å²) in [5, 5.41) is 4.57. The maximum atomic E-state index is 12.2. The highest BCUT2D eigenvalue weighted by atomic mass is 35.5. The SMILES string of the molecule is CN(C)[C@@H](CNC(=O)Cc1ccc(Cl)c(Cl)c1)c1ccccc1Cl. The van der Waals surface area contributed by atoms with E-state index in [1.165, 1.54) is 0 Å². The molecule has 0 aliphatic rings. The molecule has 0 saturated heterocycles. The Bertz CT molecular complexity index is 719. The highest BCUT2D eigenvalue weighted by Gasteiger charge is 2.18. The Morgan fingerprint density at radius 3 is 2.38 bits per heavy atom. The largest absolute Gasteiger partial charge is 0.354 e. The van der Waals surface area contributed by atoms with Gasteiger partial charge in [0, 0.05) is 11.6 Å². The van der Waals surface area contributed by atoms with E-state index in [0.717, 1.165) is 11.1 Å². The fraction of sp³-hybridized carbons (Fsp3) is 0.278. The third kappa shape index (κ3) is 5.12. The number of rotatable bonds is 6. The van der Waals surface area contributed by atoms with E-state index in [-0.39, 0.29) is 18.4 Å². The third-order valence-electron chi connectivity index (χ3n) is 3.73. The molecular formula is C18H19Cl3N2O. The highest BCUT2D eigenvalue weighted by Crippen LogP contribution is 2.25. The van der Waals surface area contributed by atoms with Crippen molar-refractivity contribution >= 4 is 40.7 Å².